The Hall–Kier alpha value is -1.71. The normalized spacial score (nSPS) is 12.4. The van der Waals surface area contributed by atoms with Gasteiger partial charge in [-0.05, 0) is 55.5 Å². The summed E-state index contributed by atoms with van der Waals surface area (Å²) in [7, 11) is 0. The molecule has 2 rings (SSSR count). The van der Waals surface area contributed by atoms with Gasteiger partial charge in [0, 0.05) is 6.04 Å². The Morgan fingerprint density at radius 3 is 2.40 bits per heavy atom. The lowest BCUT2D eigenvalue weighted by Crippen LogP contribution is -2.29. The second kappa shape index (κ2) is 6.64. The molecule has 2 nitrogen and oxygen atoms in total. The van der Waals surface area contributed by atoms with Crippen LogP contribution >= 0.6 is 0 Å². The largest absolute Gasteiger partial charge is 0.271 e. The monoisotopic (exact) mass is 272 g/mol. The molecule has 0 aliphatic carbocycles. The number of aryl methyl sites for hydroxylation is 3. The quantitative estimate of drug-likeness (QED) is 0.645. The van der Waals surface area contributed by atoms with E-state index in [1.165, 1.54) is 17.2 Å². The molecule has 0 aliphatic heterocycles. The Bertz CT molecular complexity index is 564. The Labute approximate surface area is 119 Å². The highest BCUT2D eigenvalue weighted by atomic mass is 19.1. The van der Waals surface area contributed by atoms with E-state index >= 15 is 0 Å². The molecular formula is C17H21FN2. The van der Waals surface area contributed by atoms with Gasteiger partial charge in [0.2, 0.25) is 0 Å². The fourth-order valence-electron chi connectivity index (χ4n) is 2.42. The van der Waals surface area contributed by atoms with E-state index in [-0.39, 0.29) is 11.9 Å². The summed E-state index contributed by atoms with van der Waals surface area (Å²) in [4.78, 5) is 0. The average molecular weight is 272 g/mol. The van der Waals surface area contributed by atoms with E-state index in [2.05, 4.69) is 36.6 Å². The summed E-state index contributed by atoms with van der Waals surface area (Å²) in [5, 5.41) is 0. The van der Waals surface area contributed by atoms with Crippen molar-refractivity contribution in [3.63, 3.8) is 0 Å². The van der Waals surface area contributed by atoms with Crippen LogP contribution in [0.3, 0.4) is 0 Å². The third kappa shape index (κ3) is 3.65. The Morgan fingerprint density at radius 1 is 1.10 bits per heavy atom. The van der Waals surface area contributed by atoms with Crippen molar-refractivity contribution in [2.45, 2.75) is 32.7 Å². The SMILES string of the molecule is Cc1ccc(CCC(NN)c2ccc(F)cc2C)cc1. The summed E-state index contributed by atoms with van der Waals surface area (Å²) in [5.74, 6) is 5.45. The molecule has 3 heteroatoms. The van der Waals surface area contributed by atoms with Gasteiger partial charge >= 0.3 is 0 Å². The number of hydrogen-bond donors (Lipinski definition) is 2. The van der Waals surface area contributed by atoms with Crippen LogP contribution in [0.2, 0.25) is 0 Å². The zero-order chi connectivity index (χ0) is 14.5. The Morgan fingerprint density at radius 2 is 1.80 bits per heavy atom. The van der Waals surface area contributed by atoms with Crippen LogP contribution in [0.5, 0.6) is 0 Å². The van der Waals surface area contributed by atoms with E-state index in [1.807, 2.05) is 13.0 Å². The highest BCUT2D eigenvalue weighted by Crippen LogP contribution is 2.22. The van der Waals surface area contributed by atoms with Gasteiger partial charge < -0.3 is 0 Å². The maximum Gasteiger partial charge on any atom is 0.123 e. The number of hydrogen-bond acceptors (Lipinski definition) is 2. The Balaban J connectivity index is 2.07. The number of nitrogens with two attached hydrogens (primary N) is 1. The van der Waals surface area contributed by atoms with E-state index in [4.69, 9.17) is 5.84 Å². The lowest BCUT2D eigenvalue weighted by molar-refractivity contribution is 0.512. The van der Waals surface area contributed by atoms with Gasteiger partial charge in [-0.3, -0.25) is 11.3 Å². The molecule has 0 aromatic heterocycles. The average Bonchev–Trinajstić information content (AvgIpc) is 2.43. The van der Waals surface area contributed by atoms with Crippen molar-refractivity contribution in [3.05, 3.63) is 70.5 Å². The smallest absolute Gasteiger partial charge is 0.123 e. The predicted molar refractivity (Wildman–Crippen MR) is 80.7 cm³/mol. The van der Waals surface area contributed by atoms with Crippen molar-refractivity contribution in [3.8, 4) is 0 Å². The summed E-state index contributed by atoms with van der Waals surface area (Å²) in [6.07, 6.45) is 1.82. The number of hydrazine groups is 1. The van der Waals surface area contributed by atoms with Gasteiger partial charge in [-0.1, -0.05) is 35.9 Å². The van der Waals surface area contributed by atoms with Gasteiger partial charge in [0.05, 0.1) is 0 Å². The zero-order valence-electron chi connectivity index (χ0n) is 12.0. The van der Waals surface area contributed by atoms with Crippen LogP contribution in [0.25, 0.3) is 0 Å². The number of nitrogens with one attached hydrogen (secondary N) is 1. The molecule has 106 valence electrons. The van der Waals surface area contributed by atoms with Crippen LogP contribution in [0.1, 0.15) is 34.7 Å². The third-order valence-electron chi connectivity index (χ3n) is 3.65. The first-order chi connectivity index (χ1) is 9.60. The summed E-state index contributed by atoms with van der Waals surface area (Å²) in [5.41, 5.74) is 7.37. The zero-order valence-corrected chi connectivity index (χ0v) is 12.0. The maximum absolute atomic E-state index is 13.2. The van der Waals surface area contributed by atoms with Crippen LogP contribution in [-0.4, -0.2) is 0 Å². The third-order valence-corrected chi connectivity index (χ3v) is 3.65. The lowest BCUT2D eigenvalue weighted by atomic mass is 9.96. The van der Waals surface area contributed by atoms with Crippen molar-refractivity contribution in [1.29, 1.82) is 0 Å². The predicted octanol–water partition coefficient (Wildman–Crippen LogP) is 3.58. The second-order valence-electron chi connectivity index (χ2n) is 5.24. The van der Waals surface area contributed by atoms with Gasteiger partial charge in [0.1, 0.15) is 5.82 Å². The molecule has 0 amide bonds. The van der Waals surface area contributed by atoms with E-state index in [0.29, 0.717) is 0 Å². The standard InChI is InChI=1S/C17H21FN2/c1-12-3-5-14(6-4-12)7-10-17(20-19)16-9-8-15(18)11-13(16)2/h3-6,8-9,11,17,20H,7,10,19H2,1-2H3. The second-order valence-corrected chi connectivity index (χ2v) is 5.24. The summed E-state index contributed by atoms with van der Waals surface area (Å²) < 4.78 is 13.2. The van der Waals surface area contributed by atoms with Crippen molar-refractivity contribution in [2.75, 3.05) is 0 Å². The minimum Gasteiger partial charge on any atom is -0.271 e. The van der Waals surface area contributed by atoms with E-state index < -0.39 is 0 Å². The van der Waals surface area contributed by atoms with Crippen molar-refractivity contribution in [2.24, 2.45) is 5.84 Å². The van der Waals surface area contributed by atoms with Crippen molar-refractivity contribution < 1.29 is 4.39 Å². The number of halogens is 1. The van der Waals surface area contributed by atoms with Gasteiger partial charge in [0.15, 0.2) is 0 Å². The molecule has 0 spiro atoms. The summed E-state index contributed by atoms with van der Waals surface area (Å²) in [6.45, 7) is 3.99. The molecule has 1 atom stereocenters. The molecule has 1 unspecified atom stereocenters. The van der Waals surface area contributed by atoms with Gasteiger partial charge in [-0.15, -0.1) is 0 Å². The minimum absolute atomic E-state index is 0.0388. The van der Waals surface area contributed by atoms with E-state index in [0.717, 1.165) is 24.0 Å². The molecule has 0 fully saturated rings. The molecule has 0 bridgehead atoms. The molecule has 20 heavy (non-hydrogen) atoms. The molecule has 0 radical (unpaired) electrons. The molecular weight excluding hydrogens is 251 g/mol. The molecule has 2 aromatic carbocycles. The first-order valence-corrected chi connectivity index (χ1v) is 6.88. The van der Waals surface area contributed by atoms with Gasteiger partial charge in [-0.2, -0.15) is 0 Å². The van der Waals surface area contributed by atoms with Gasteiger partial charge in [0.25, 0.3) is 0 Å². The fourth-order valence-corrected chi connectivity index (χ4v) is 2.42. The first kappa shape index (κ1) is 14.7. The number of benzene rings is 2. The van der Waals surface area contributed by atoms with Crippen LogP contribution in [0.15, 0.2) is 42.5 Å². The topological polar surface area (TPSA) is 38.0 Å². The first-order valence-electron chi connectivity index (χ1n) is 6.88. The summed E-state index contributed by atoms with van der Waals surface area (Å²) >= 11 is 0. The van der Waals surface area contributed by atoms with Crippen molar-refractivity contribution in [1.82, 2.24) is 5.43 Å². The van der Waals surface area contributed by atoms with Crippen molar-refractivity contribution >= 4 is 0 Å². The van der Waals surface area contributed by atoms with Crippen LogP contribution in [0, 0.1) is 19.7 Å². The van der Waals surface area contributed by atoms with E-state index in [1.54, 1.807) is 6.07 Å². The van der Waals surface area contributed by atoms with Crippen LogP contribution in [-0.2, 0) is 6.42 Å². The molecule has 0 aliphatic rings. The maximum atomic E-state index is 13.2. The van der Waals surface area contributed by atoms with E-state index in [9.17, 15) is 4.39 Å². The molecule has 0 saturated heterocycles. The number of rotatable bonds is 5. The molecule has 0 saturated carbocycles. The molecule has 3 N–H and O–H groups in total. The fraction of sp³-hybridized carbons (Fsp3) is 0.294. The highest BCUT2D eigenvalue weighted by Gasteiger charge is 2.12. The van der Waals surface area contributed by atoms with Crippen LogP contribution < -0.4 is 11.3 Å². The molecule has 0 heterocycles. The van der Waals surface area contributed by atoms with Crippen LogP contribution in [0.4, 0.5) is 4.39 Å². The lowest BCUT2D eigenvalue weighted by Gasteiger charge is -2.18. The Kier molecular flexibility index (Phi) is 4.88. The van der Waals surface area contributed by atoms with Gasteiger partial charge in [-0.25, -0.2) is 4.39 Å². The highest BCUT2D eigenvalue weighted by molar-refractivity contribution is 5.30. The summed E-state index contributed by atoms with van der Waals surface area (Å²) in [6, 6.07) is 13.4. The molecule has 2 aromatic rings. The minimum atomic E-state index is -0.208.